The molecule has 0 saturated carbocycles. The highest BCUT2D eigenvalue weighted by molar-refractivity contribution is 5.70. The van der Waals surface area contributed by atoms with Gasteiger partial charge in [-0.25, -0.2) is 0 Å². The van der Waals surface area contributed by atoms with Gasteiger partial charge in [0.25, 0.3) is 0 Å². The third kappa shape index (κ3) is 25.7. The van der Waals surface area contributed by atoms with Crippen LogP contribution in [-0.2, 0) is 28.6 Å². The highest BCUT2D eigenvalue weighted by Crippen LogP contribution is 1.94. The van der Waals surface area contributed by atoms with Crippen molar-refractivity contribution in [3.63, 3.8) is 0 Å². The molecule has 10 heteroatoms. The fraction of sp³-hybridized carbons (Fsp3) is 0.889. The van der Waals surface area contributed by atoms with E-state index in [0.717, 1.165) is 77.8 Å². The molecule has 0 amide bonds. The second-order valence-electron chi connectivity index (χ2n) is 9.06. The van der Waals surface area contributed by atoms with Gasteiger partial charge in [0.15, 0.2) is 0 Å². The number of esters is 3. The molecule has 0 atom stereocenters. The Kier molecular flexibility index (Phi) is 26.0. The van der Waals surface area contributed by atoms with Crippen molar-refractivity contribution in [2.24, 2.45) is 0 Å². The third-order valence-corrected chi connectivity index (χ3v) is 5.61. The molecule has 0 rings (SSSR count). The molecule has 0 saturated heterocycles. The van der Waals surface area contributed by atoms with E-state index < -0.39 is 0 Å². The molecular weight excluding hydrogens is 476 g/mol. The maximum absolute atomic E-state index is 11.7. The summed E-state index contributed by atoms with van der Waals surface area (Å²) in [7, 11) is 0. The van der Waals surface area contributed by atoms with Crippen LogP contribution in [0.25, 0.3) is 0 Å². The Morgan fingerprint density at radius 2 is 0.811 bits per heavy atom. The molecule has 0 heterocycles. The Bertz CT molecular complexity index is 489. The first-order valence-electron chi connectivity index (χ1n) is 14.3. The largest absolute Gasteiger partial charge is 0.466 e. The number of nitrogens with zero attached hydrogens (tertiary/aromatic N) is 1. The van der Waals surface area contributed by atoms with Gasteiger partial charge in [-0.05, 0) is 19.3 Å². The normalized spacial score (nSPS) is 11.0. The zero-order chi connectivity index (χ0) is 27.4. The Labute approximate surface area is 224 Å². The van der Waals surface area contributed by atoms with E-state index in [1.54, 1.807) is 0 Å². The fourth-order valence-corrected chi connectivity index (χ4v) is 3.20. The molecule has 0 aromatic rings. The van der Waals surface area contributed by atoms with E-state index >= 15 is 0 Å². The topological polar surface area (TPSA) is 118 Å². The molecule has 3 N–H and O–H groups in total. The van der Waals surface area contributed by atoms with Gasteiger partial charge in [0, 0.05) is 58.9 Å². The van der Waals surface area contributed by atoms with Crippen LogP contribution in [0, 0.1) is 0 Å². The number of carbonyl (C=O) groups is 3. The number of hydrogen-bond acceptors (Lipinski definition) is 10. The first-order chi connectivity index (χ1) is 18.0. The summed E-state index contributed by atoms with van der Waals surface area (Å²) in [5.74, 6) is -0.479. The lowest BCUT2D eigenvalue weighted by atomic mass is 10.3. The van der Waals surface area contributed by atoms with Crippen LogP contribution < -0.4 is 16.0 Å². The van der Waals surface area contributed by atoms with Gasteiger partial charge in [-0.1, -0.05) is 40.0 Å². The van der Waals surface area contributed by atoms with Crippen molar-refractivity contribution >= 4 is 17.9 Å². The highest BCUT2D eigenvalue weighted by Gasteiger charge is 2.08. The summed E-state index contributed by atoms with van der Waals surface area (Å²) >= 11 is 0. The standard InChI is InChI=1S/C27H54N4O6/c1-4-7-22-35-25(32)10-13-28-16-19-31(20-17-29-14-11-26(33)36-23-8-5-2)21-18-30-15-12-27(34)37-24-9-6-3/h28-30H,4-24H2,1-3H3. The van der Waals surface area contributed by atoms with E-state index in [0.29, 0.717) is 58.7 Å². The molecule has 0 radical (unpaired) electrons. The smallest absolute Gasteiger partial charge is 0.307 e. The number of unbranched alkanes of at least 4 members (excludes halogenated alkanes) is 3. The van der Waals surface area contributed by atoms with Crippen molar-refractivity contribution in [1.29, 1.82) is 0 Å². The zero-order valence-electron chi connectivity index (χ0n) is 23.7. The van der Waals surface area contributed by atoms with Crippen LogP contribution in [0.15, 0.2) is 0 Å². The van der Waals surface area contributed by atoms with Crippen LogP contribution in [0.1, 0.15) is 78.6 Å². The lowest BCUT2D eigenvalue weighted by molar-refractivity contribution is -0.144. The van der Waals surface area contributed by atoms with Crippen molar-refractivity contribution < 1.29 is 28.6 Å². The molecule has 0 aliphatic heterocycles. The van der Waals surface area contributed by atoms with Gasteiger partial charge < -0.3 is 30.2 Å². The van der Waals surface area contributed by atoms with Crippen molar-refractivity contribution in [1.82, 2.24) is 20.9 Å². The van der Waals surface area contributed by atoms with Crippen LogP contribution in [-0.4, -0.2) is 102 Å². The number of ether oxygens (including phenoxy) is 3. The van der Waals surface area contributed by atoms with Gasteiger partial charge in [-0.3, -0.25) is 19.3 Å². The molecule has 10 nitrogen and oxygen atoms in total. The lowest BCUT2D eigenvalue weighted by Crippen LogP contribution is -2.41. The molecule has 0 aliphatic carbocycles. The van der Waals surface area contributed by atoms with Gasteiger partial charge in [-0.2, -0.15) is 0 Å². The highest BCUT2D eigenvalue weighted by atomic mass is 16.5. The quantitative estimate of drug-likeness (QED) is 0.0829. The van der Waals surface area contributed by atoms with Crippen LogP contribution in [0.2, 0.25) is 0 Å². The monoisotopic (exact) mass is 530 g/mol. The van der Waals surface area contributed by atoms with E-state index in [2.05, 4.69) is 41.6 Å². The first kappa shape index (κ1) is 35.2. The minimum Gasteiger partial charge on any atom is -0.466 e. The zero-order valence-corrected chi connectivity index (χ0v) is 23.7. The van der Waals surface area contributed by atoms with Crippen LogP contribution in [0.4, 0.5) is 0 Å². The predicted molar refractivity (Wildman–Crippen MR) is 147 cm³/mol. The molecule has 0 aromatic carbocycles. The molecule has 0 bridgehead atoms. The number of hydrogen-bond donors (Lipinski definition) is 3. The molecule has 0 spiro atoms. The van der Waals surface area contributed by atoms with E-state index in [-0.39, 0.29) is 17.9 Å². The molecule has 0 fully saturated rings. The summed E-state index contributed by atoms with van der Waals surface area (Å²) in [6, 6.07) is 0. The van der Waals surface area contributed by atoms with E-state index in [1.165, 1.54) is 0 Å². The maximum atomic E-state index is 11.7. The van der Waals surface area contributed by atoms with Crippen molar-refractivity contribution in [2.45, 2.75) is 78.6 Å². The SMILES string of the molecule is CCCCOC(=O)CCNCCN(CCNCCC(=O)OCCCC)CCNCCC(=O)OCCCC. The summed E-state index contributed by atoms with van der Waals surface area (Å²) in [6.07, 6.45) is 6.84. The van der Waals surface area contributed by atoms with Crippen molar-refractivity contribution in [2.75, 3.05) is 78.7 Å². The Morgan fingerprint density at radius 3 is 1.08 bits per heavy atom. The minimum absolute atomic E-state index is 0.160. The van der Waals surface area contributed by atoms with Crippen molar-refractivity contribution in [3.8, 4) is 0 Å². The van der Waals surface area contributed by atoms with Gasteiger partial charge in [0.2, 0.25) is 0 Å². The number of nitrogens with one attached hydrogen (secondary N) is 3. The number of rotatable bonds is 27. The van der Waals surface area contributed by atoms with Crippen LogP contribution >= 0.6 is 0 Å². The summed E-state index contributed by atoms with van der Waals surface area (Å²) < 4.78 is 15.5. The average molecular weight is 531 g/mol. The Hall–Kier alpha value is -1.75. The first-order valence-corrected chi connectivity index (χ1v) is 14.3. The van der Waals surface area contributed by atoms with Crippen LogP contribution in [0.3, 0.4) is 0 Å². The molecular formula is C27H54N4O6. The minimum atomic E-state index is -0.160. The molecule has 0 aliphatic rings. The third-order valence-electron chi connectivity index (χ3n) is 5.61. The lowest BCUT2D eigenvalue weighted by Gasteiger charge is -2.23. The Balaban J connectivity index is 4.17. The van der Waals surface area contributed by atoms with Gasteiger partial charge in [0.1, 0.15) is 0 Å². The molecule has 37 heavy (non-hydrogen) atoms. The molecule has 218 valence electrons. The van der Waals surface area contributed by atoms with Crippen molar-refractivity contribution in [3.05, 3.63) is 0 Å². The van der Waals surface area contributed by atoms with E-state index in [4.69, 9.17) is 14.2 Å². The average Bonchev–Trinajstić information content (AvgIpc) is 2.88. The summed E-state index contributed by atoms with van der Waals surface area (Å²) in [5.41, 5.74) is 0. The molecule has 0 unspecified atom stereocenters. The van der Waals surface area contributed by atoms with E-state index in [1.807, 2.05) is 0 Å². The fourth-order valence-electron chi connectivity index (χ4n) is 3.20. The Morgan fingerprint density at radius 1 is 0.514 bits per heavy atom. The van der Waals surface area contributed by atoms with Gasteiger partial charge >= 0.3 is 17.9 Å². The second kappa shape index (κ2) is 27.3. The summed E-state index contributed by atoms with van der Waals surface area (Å²) in [6.45, 7) is 14.2. The van der Waals surface area contributed by atoms with Gasteiger partial charge in [-0.15, -0.1) is 0 Å². The van der Waals surface area contributed by atoms with Gasteiger partial charge in [0.05, 0.1) is 39.1 Å². The molecule has 0 aromatic heterocycles. The summed E-state index contributed by atoms with van der Waals surface area (Å²) in [5, 5.41) is 9.94. The van der Waals surface area contributed by atoms with E-state index in [9.17, 15) is 14.4 Å². The summed E-state index contributed by atoms with van der Waals surface area (Å²) in [4.78, 5) is 37.4. The van der Waals surface area contributed by atoms with Crippen LogP contribution in [0.5, 0.6) is 0 Å². The maximum Gasteiger partial charge on any atom is 0.307 e. The predicted octanol–water partition coefficient (Wildman–Crippen LogP) is 2.26. The second-order valence-corrected chi connectivity index (χ2v) is 9.06. The number of carbonyl (C=O) groups excluding carboxylic acids is 3.